The van der Waals surface area contributed by atoms with Gasteiger partial charge >= 0.3 is 12.0 Å². The number of imide groups is 1. The van der Waals surface area contributed by atoms with Crippen LogP contribution >= 0.6 is 0 Å². The summed E-state index contributed by atoms with van der Waals surface area (Å²) in [5.41, 5.74) is 0. The highest BCUT2D eigenvalue weighted by Crippen LogP contribution is 2.11. The van der Waals surface area contributed by atoms with Gasteiger partial charge < -0.3 is 15.7 Å². The summed E-state index contributed by atoms with van der Waals surface area (Å²) in [4.78, 5) is 46.4. The van der Waals surface area contributed by atoms with E-state index in [9.17, 15) is 19.2 Å². The zero-order valence-corrected chi connectivity index (χ0v) is 11.7. The molecule has 20 heavy (non-hydrogen) atoms. The van der Waals surface area contributed by atoms with E-state index in [0.29, 0.717) is 0 Å². The third-order valence-electron chi connectivity index (χ3n) is 3.29. The maximum absolute atomic E-state index is 11.6. The Hall–Kier alpha value is -2.12. The van der Waals surface area contributed by atoms with Gasteiger partial charge in [0.15, 0.2) is 0 Å². The topological polar surface area (TPSA) is 116 Å². The molecule has 3 N–H and O–H groups in total. The number of nitrogens with zero attached hydrogens (tertiary/aromatic N) is 1. The van der Waals surface area contributed by atoms with Gasteiger partial charge in [-0.05, 0) is 5.92 Å². The minimum Gasteiger partial charge on any atom is -0.481 e. The number of hydrogen-bond donors (Lipinski definition) is 3. The van der Waals surface area contributed by atoms with Crippen LogP contribution in [0, 0.1) is 11.8 Å². The van der Waals surface area contributed by atoms with E-state index in [0.717, 1.165) is 4.90 Å². The molecule has 0 aliphatic carbocycles. The van der Waals surface area contributed by atoms with Crippen molar-refractivity contribution < 1.29 is 24.3 Å². The molecule has 0 saturated carbocycles. The maximum Gasteiger partial charge on any atom is 0.315 e. The number of carbonyl (C=O) groups excluding carboxylic acids is 3. The first kappa shape index (κ1) is 15.9. The molecule has 0 radical (unpaired) electrons. The second-order valence-electron chi connectivity index (χ2n) is 5.09. The van der Waals surface area contributed by atoms with E-state index in [4.69, 9.17) is 5.11 Å². The number of rotatable bonds is 5. The van der Waals surface area contributed by atoms with Gasteiger partial charge in [0.25, 0.3) is 5.91 Å². The second-order valence-corrected chi connectivity index (χ2v) is 5.09. The van der Waals surface area contributed by atoms with E-state index in [-0.39, 0.29) is 24.8 Å². The molecule has 0 aromatic rings. The molecule has 4 amide bonds. The predicted molar refractivity (Wildman–Crippen MR) is 68.7 cm³/mol. The molecule has 0 aromatic carbocycles. The molecule has 1 aliphatic heterocycles. The van der Waals surface area contributed by atoms with Crippen LogP contribution in [0.15, 0.2) is 0 Å². The Morgan fingerprint density at radius 3 is 2.40 bits per heavy atom. The van der Waals surface area contributed by atoms with Crippen LogP contribution in [-0.2, 0) is 14.4 Å². The fourth-order valence-corrected chi connectivity index (χ4v) is 1.89. The third kappa shape index (κ3) is 3.69. The standard InChI is InChI=1S/C12H19N3O5/c1-6(2)7(11(18)19)5-13-12(20)14-8-4-9(16)15(3)10(8)17/h6-8H,4-5H2,1-3H3,(H,18,19)(H2,13,14,20). The van der Waals surface area contributed by atoms with Crippen LogP contribution in [0.2, 0.25) is 0 Å². The van der Waals surface area contributed by atoms with Crippen molar-refractivity contribution in [2.45, 2.75) is 26.3 Å². The number of nitrogens with one attached hydrogen (secondary N) is 2. The molecular formula is C12H19N3O5. The molecule has 112 valence electrons. The zero-order valence-electron chi connectivity index (χ0n) is 11.7. The molecule has 1 fully saturated rings. The van der Waals surface area contributed by atoms with E-state index in [1.165, 1.54) is 7.05 Å². The largest absolute Gasteiger partial charge is 0.481 e. The number of likely N-dealkylation sites (tertiary alicyclic amines) is 1. The molecular weight excluding hydrogens is 266 g/mol. The highest BCUT2D eigenvalue weighted by molar-refractivity contribution is 6.06. The van der Waals surface area contributed by atoms with Gasteiger partial charge in [0.05, 0.1) is 12.3 Å². The maximum atomic E-state index is 11.6. The predicted octanol–water partition coefficient (Wildman–Crippen LogP) is -0.600. The average molecular weight is 285 g/mol. The minimum absolute atomic E-state index is 0.0382. The van der Waals surface area contributed by atoms with E-state index >= 15 is 0 Å². The van der Waals surface area contributed by atoms with Gasteiger partial charge in [-0.3, -0.25) is 19.3 Å². The van der Waals surface area contributed by atoms with Crippen molar-refractivity contribution in [3.8, 4) is 0 Å². The lowest BCUT2D eigenvalue weighted by Crippen LogP contribution is -2.47. The van der Waals surface area contributed by atoms with E-state index < -0.39 is 29.9 Å². The van der Waals surface area contributed by atoms with Gasteiger partial charge in [-0.1, -0.05) is 13.8 Å². The highest BCUT2D eigenvalue weighted by Gasteiger charge is 2.37. The summed E-state index contributed by atoms with van der Waals surface area (Å²) in [6.45, 7) is 3.45. The molecule has 0 spiro atoms. The smallest absolute Gasteiger partial charge is 0.315 e. The number of carbonyl (C=O) groups is 4. The van der Waals surface area contributed by atoms with Crippen LogP contribution in [0.1, 0.15) is 20.3 Å². The minimum atomic E-state index is -0.993. The summed E-state index contributed by atoms with van der Waals surface area (Å²) < 4.78 is 0. The number of carboxylic acids is 1. The lowest BCUT2D eigenvalue weighted by atomic mass is 9.96. The van der Waals surface area contributed by atoms with Gasteiger partial charge in [0, 0.05) is 13.6 Å². The Morgan fingerprint density at radius 1 is 1.40 bits per heavy atom. The first-order valence-electron chi connectivity index (χ1n) is 6.31. The Kier molecular flexibility index (Phi) is 5.06. The van der Waals surface area contributed by atoms with Crippen LogP contribution in [0.3, 0.4) is 0 Å². The molecule has 2 unspecified atom stereocenters. The summed E-state index contributed by atoms with van der Waals surface area (Å²) in [5, 5.41) is 13.8. The van der Waals surface area contributed by atoms with Crippen molar-refractivity contribution in [2.75, 3.05) is 13.6 Å². The van der Waals surface area contributed by atoms with Crippen molar-refractivity contribution in [1.29, 1.82) is 0 Å². The molecule has 1 heterocycles. The fourth-order valence-electron chi connectivity index (χ4n) is 1.89. The fraction of sp³-hybridized carbons (Fsp3) is 0.667. The van der Waals surface area contributed by atoms with Crippen molar-refractivity contribution in [3.63, 3.8) is 0 Å². The molecule has 1 aliphatic rings. The van der Waals surface area contributed by atoms with Crippen LogP contribution in [0.25, 0.3) is 0 Å². The molecule has 1 saturated heterocycles. The first-order valence-corrected chi connectivity index (χ1v) is 6.31. The molecule has 8 heteroatoms. The molecule has 0 bridgehead atoms. The van der Waals surface area contributed by atoms with Crippen molar-refractivity contribution in [2.24, 2.45) is 11.8 Å². The summed E-state index contributed by atoms with van der Waals surface area (Å²) in [6, 6.07) is -1.53. The summed E-state index contributed by atoms with van der Waals surface area (Å²) in [5.74, 6) is -2.65. The van der Waals surface area contributed by atoms with Gasteiger partial charge in [-0.2, -0.15) is 0 Å². The van der Waals surface area contributed by atoms with Crippen LogP contribution in [0.4, 0.5) is 4.79 Å². The lowest BCUT2D eigenvalue weighted by Gasteiger charge is -2.18. The van der Waals surface area contributed by atoms with Crippen LogP contribution in [-0.4, -0.2) is 53.5 Å². The first-order chi connectivity index (χ1) is 9.23. The zero-order chi connectivity index (χ0) is 15.4. The van der Waals surface area contributed by atoms with E-state index in [2.05, 4.69) is 10.6 Å². The van der Waals surface area contributed by atoms with Gasteiger partial charge in [0.2, 0.25) is 5.91 Å². The average Bonchev–Trinajstić information content (AvgIpc) is 2.56. The number of aliphatic carboxylic acids is 1. The highest BCUT2D eigenvalue weighted by atomic mass is 16.4. The van der Waals surface area contributed by atoms with Crippen molar-refractivity contribution in [1.82, 2.24) is 15.5 Å². The lowest BCUT2D eigenvalue weighted by molar-refractivity contribution is -0.143. The van der Waals surface area contributed by atoms with Crippen LogP contribution < -0.4 is 10.6 Å². The third-order valence-corrected chi connectivity index (χ3v) is 3.29. The Balaban J connectivity index is 2.47. The number of amides is 4. The van der Waals surface area contributed by atoms with Gasteiger partial charge in [0.1, 0.15) is 6.04 Å². The number of hydrogen-bond acceptors (Lipinski definition) is 4. The Bertz CT molecular complexity index is 435. The van der Waals surface area contributed by atoms with Crippen molar-refractivity contribution in [3.05, 3.63) is 0 Å². The van der Waals surface area contributed by atoms with E-state index in [1.54, 1.807) is 13.8 Å². The molecule has 0 aromatic heterocycles. The summed E-state index contributed by atoms with van der Waals surface area (Å²) in [6.07, 6.45) is -0.0741. The van der Waals surface area contributed by atoms with Gasteiger partial charge in [-0.25, -0.2) is 4.79 Å². The van der Waals surface area contributed by atoms with E-state index in [1.807, 2.05) is 0 Å². The monoisotopic (exact) mass is 285 g/mol. The number of likely N-dealkylation sites (N-methyl/N-ethyl adjacent to an activating group) is 1. The molecule has 8 nitrogen and oxygen atoms in total. The Morgan fingerprint density at radius 2 is 2.00 bits per heavy atom. The molecule has 2 atom stereocenters. The second kappa shape index (κ2) is 6.36. The molecule has 1 rings (SSSR count). The quantitative estimate of drug-likeness (QED) is 0.583. The van der Waals surface area contributed by atoms with Crippen molar-refractivity contribution >= 4 is 23.8 Å². The van der Waals surface area contributed by atoms with Gasteiger partial charge in [-0.15, -0.1) is 0 Å². The summed E-state index contributed by atoms with van der Waals surface area (Å²) in [7, 11) is 1.35. The van der Waals surface area contributed by atoms with Crippen LogP contribution in [0.5, 0.6) is 0 Å². The normalized spacial score (nSPS) is 20.2. The summed E-state index contributed by atoms with van der Waals surface area (Å²) >= 11 is 0. The Labute approximate surface area is 116 Å². The SMILES string of the molecule is CC(C)C(CNC(=O)NC1CC(=O)N(C)C1=O)C(=O)O. The number of urea groups is 1. The number of carboxylic acid groups (broad SMARTS) is 1.